The molecule has 0 radical (unpaired) electrons. The van der Waals surface area contributed by atoms with Gasteiger partial charge in [0.1, 0.15) is 0 Å². The van der Waals surface area contributed by atoms with Crippen molar-refractivity contribution in [3.63, 3.8) is 0 Å². The van der Waals surface area contributed by atoms with Gasteiger partial charge in [-0.05, 0) is 8.07 Å². The molecule has 1 aliphatic rings. The van der Waals surface area contributed by atoms with Crippen LogP contribution >= 0.6 is 0 Å². The Kier molecular flexibility index (Phi) is 3.90. The van der Waals surface area contributed by atoms with Crippen molar-refractivity contribution in [2.75, 3.05) is 0 Å². The summed E-state index contributed by atoms with van der Waals surface area (Å²) in [5, 5.41) is 1.60. The van der Waals surface area contributed by atoms with E-state index < -0.39 is 8.07 Å². The molecule has 56 valence electrons. The van der Waals surface area contributed by atoms with Gasteiger partial charge >= 0.3 is 18.9 Å². The molecule has 0 aromatic rings. The van der Waals surface area contributed by atoms with E-state index in [1.807, 2.05) is 0 Å². The summed E-state index contributed by atoms with van der Waals surface area (Å²) in [4.78, 5) is 0. The molecule has 11 heavy (non-hydrogen) atoms. The van der Waals surface area contributed by atoms with Crippen LogP contribution in [0.5, 0.6) is 0 Å². The smallest absolute Gasteiger partial charge is 0.270 e. The van der Waals surface area contributed by atoms with E-state index in [1.54, 1.807) is 5.20 Å². The first-order chi connectivity index (χ1) is 4.52. The van der Waals surface area contributed by atoms with Gasteiger partial charge < -0.3 is 0 Å². The molecular formula is C9H15LiSi. The van der Waals surface area contributed by atoms with Crippen LogP contribution in [-0.4, -0.2) is 8.07 Å². The summed E-state index contributed by atoms with van der Waals surface area (Å²) in [6.07, 6.45) is 6.72. The maximum atomic E-state index is 3.33. The molecule has 0 spiro atoms. The van der Waals surface area contributed by atoms with Crippen molar-refractivity contribution in [2.24, 2.45) is 0 Å². The summed E-state index contributed by atoms with van der Waals surface area (Å²) >= 11 is 0. The first-order valence-electron chi connectivity index (χ1n) is 3.80. The fourth-order valence-corrected chi connectivity index (χ4v) is 3.35. The molecule has 0 N–H and O–H groups in total. The number of rotatable bonds is 1. The summed E-state index contributed by atoms with van der Waals surface area (Å²) in [5.41, 5.74) is 1.40. The van der Waals surface area contributed by atoms with Crippen LogP contribution in [0.25, 0.3) is 0 Å². The summed E-state index contributed by atoms with van der Waals surface area (Å²) in [6.45, 7) is 9.33. The van der Waals surface area contributed by atoms with Crippen LogP contribution < -0.4 is 18.9 Å². The quantitative estimate of drug-likeness (QED) is 0.371. The van der Waals surface area contributed by atoms with Crippen LogP contribution in [0, 0.1) is 6.08 Å². The van der Waals surface area contributed by atoms with Gasteiger partial charge in [0.2, 0.25) is 0 Å². The van der Waals surface area contributed by atoms with E-state index in [0.29, 0.717) is 0 Å². The monoisotopic (exact) mass is 158 g/mol. The van der Waals surface area contributed by atoms with E-state index in [4.69, 9.17) is 0 Å². The average Bonchev–Trinajstić information content (AvgIpc) is 2.11. The Bertz CT molecular complexity index is 196. The molecule has 0 unspecified atom stereocenters. The van der Waals surface area contributed by atoms with E-state index >= 15 is 0 Å². The molecule has 0 saturated heterocycles. The minimum absolute atomic E-state index is 0. The SMILES string of the molecule is CC1=[C-]CC=C1[Si](C)(C)C.[Li+]. The van der Waals surface area contributed by atoms with Crippen molar-refractivity contribution in [1.82, 2.24) is 0 Å². The summed E-state index contributed by atoms with van der Waals surface area (Å²) in [5.74, 6) is 0. The van der Waals surface area contributed by atoms with Crippen LogP contribution in [0.4, 0.5) is 0 Å². The summed E-state index contributed by atoms with van der Waals surface area (Å²) in [7, 11) is -1.03. The first-order valence-corrected chi connectivity index (χ1v) is 7.30. The number of hydrogen-bond acceptors (Lipinski definition) is 0. The minimum atomic E-state index is -1.03. The Morgan fingerprint density at radius 3 is 2.09 bits per heavy atom. The molecule has 0 aliphatic heterocycles. The molecule has 0 nitrogen and oxygen atoms in total. The molecule has 1 rings (SSSR count). The molecule has 0 fully saturated rings. The Morgan fingerprint density at radius 2 is 1.91 bits per heavy atom. The zero-order chi connectivity index (χ0) is 7.78. The van der Waals surface area contributed by atoms with Crippen molar-refractivity contribution in [3.8, 4) is 0 Å². The van der Waals surface area contributed by atoms with Crippen LogP contribution in [-0.2, 0) is 0 Å². The molecule has 0 heterocycles. The third-order valence-electron chi connectivity index (χ3n) is 1.89. The van der Waals surface area contributed by atoms with Crippen LogP contribution in [0.3, 0.4) is 0 Å². The second-order valence-corrected chi connectivity index (χ2v) is 8.91. The third kappa shape index (κ3) is 2.67. The molecule has 2 heteroatoms. The molecule has 0 aromatic carbocycles. The van der Waals surface area contributed by atoms with Crippen molar-refractivity contribution >= 4 is 8.07 Å². The largest absolute Gasteiger partial charge is 1.00 e. The van der Waals surface area contributed by atoms with Crippen molar-refractivity contribution in [3.05, 3.63) is 22.9 Å². The van der Waals surface area contributed by atoms with Crippen LogP contribution in [0.2, 0.25) is 19.6 Å². The van der Waals surface area contributed by atoms with Gasteiger partial charge in [-0.3, -0.25) is 6.08 Å². The maximum Gasteiger partial charge on any atom is 1.00 e. The number of hydrogen-bond donors (Lipinski definition) is 0. The van der Waals surface area contributed by atoms with E-state index in [1.165, 1.54) is 5.57 Å². The molecule has 0 amide bonds. The summed E-state index contributed by atoms with van der Waals surface area (Å²) in [6, 6.07) is 0. The Balaban J connectivity index is 0.000001000. The van der Waals surface area contributed by atoms with Gasteiger partial charge in [0.05, 0.1) is 0 Å². The minimum Gasteiger partial charge on any atom is -0.270 e. The van der Waals surface area contributed by atoms with E-state index in [9.17, 15) is 0 Å². The van der Waals surface area contributed by atoms with E-state index in [-0.39, 0.29) is 18.9 Å². The second kappa shape index (κ2) is 3.80. The predicted molar refractivity (Wildman–Crippen MR) is 48.5 cm³/mol. The van der Waals surface area contributed by atoms with Crippen LogP contribution in [0.1, 0.15) is 13.3 Å². The average molecular weight is 158 g/mol. The van der Waals surface area contributed by atoms with Crippen molar-refractivity contribution < 1.29 is 18.9 Å². The van der Waals surface area contributed by atoms with Crippen molar-refractivity contribution in [1.29, 1.82) is 0 Å². The Hall–Kier alpha value is 0.294. The molecule has 0 saturated carbocycles. The van der Waals surface area contributed by atoms with E-state index in [2.05, 4.69) is 38.7 Å². The second-order valence-electron chi connectivity index (χ2n) is 3.87. The molecular weight excluding hydrogens is 143 g/mol. The Labute approximate surface area is 83.0 Å². The Morgan fingerprint density at radius 1 is 1.36 bits per heavy atom. The standard InChI is InChI=1S/C9H15Si.Li/c1-8-6-5-7-9(8)10(2,3)4;/h7H,5H2,1-4H3;/q-1;+1. The molecule has 1 aliphatic carbocycles. The maximum absolute atomic E-state index is 3.33. The fourth-order valence-electron chi connectivity index (χ4n) is 1.42. The van der Waals surface area contributed by atoms with Gasteiger partial charge in [0.15, 0.2) is 0 Å². The van der Waals surface area contributed by atoms with Gasteiger partial charge in [0, 0.05) is 0 Å². The zero-order valence-corrected chi connectivity index (χ0v) is 9.28. The third-order valence-corrected chi connectivity index (χ3v) is 4.08. The fraction of sp³-hybridized carbons (Fsp3) is 0.556. The van der Waals surface area contributed by atoms with Gasteiger partial charge in [-0.25, -0.2) is 10.8 Å². The predicted octanol–water partition coefficient (Wildman–Crippen LogP) is -0.0526. The van der Waals surface area contributed by atoms with Gasteiger partial charge in [-0.1, -0.05) is 26.6 Å². The van der Waals surface area contributed by atoms with Gasteiger partial charge in [-0.15, -0.1) is 6.42 Å². The topological polar surface area (TPSA) is 0 Å². The zero-order valence-electron chi connectivity index (χ0n) is 8.28. The summed E-state index contributed by atoms with van der Waals surface area (Å²) < 4.78 is 0. The molecule has 0 bridgehead atoms. The van der Waals surface area contributed by atoms with Crippen LogP contribution in [0.15, 0.2) is 16.8 Å². The number of allylic oxidation sites excluding steroid dienone is 4. The van der Waals surface area contributed by atoms with Crippen molar-refractivity contribution in [2.45, 2.75) is 33.0 Å². The van der Waals surface area contributed by atoms with Gasteiger partial charge in [-0.2, -0.15) is 6.08 Å². The van der Waals surface area contributed by atoms with Gasteiger partial charge in [0.25, 0.3) is 0 Å². The normalized spacial score (nSPS) is 17.1. The molecule has 0 aromatic heterocycles. The molecule has 0 atom stereocenters. The first kappa shape index (κ1) is 11.3. The van der Waals surface area contributed by atoms with E-state index in [0.717, 1.165) is 6.42 Å².